The predicted octanol–water partition coefficient (Wildman–Crippen LogP) is 6.76. The molecule has 0 aromatic heterocycles. The molecule has 1 atom stereocenters. The monoisotopic (exact) mass is 471 g/mol. The Hall–Kier alpha value is -3.37. The molecule has 0 bridgehead atoms. The number of anilines is 1. The molecule has 1 aliphatic carbocycles. The van der Waals surface area contributed by atoms with Crippen molar-refractivity contribution in [1.29, 1.82) is 0 Å². The van der Waals surface area contributed by atoms with Crippen LogP contribution < -0.4 is 9.64 Å². The molecule has 34 heavy (non-hydrogen) atoms. The third-order valence-corrected chi connectivity index (χ3v) is 7.03. The first-order valence-electron chi connectivity index (χ1n) is 11.6. The Morgan fingerprint density at radius 3 is 2.44 bits per heavy atom. The molecule has 2 aliphatic rings. The highest BCUT2D eigenvalue weighted by atomic mass is 35.5. The van der Waals surface area contributed by atoms with E-state index in [4.69, 9.17) is 16.3 Å². The summed E-state index contributed by atoms with van der Waals surface area (Å²) in [7, 11) is 0. The van der Waals surface area contributed by atoms with Crippen molar-refractivity contribution in [2.75, 3.05) is 4.90 Å². The summed E-state index contributed by atoms with van der Waals surface area (Å²) in [5.74, 6) is 0.595. The third-order valence-electron chi connectivity index (χ3n) is 6.71. The largest absolute Gasteiger partial charge is 0.489 e. The Balaban J connectivity index is 1.44. The van der Waals surface area contributed by atoms with Gasteiger partial charge in [0.15, 0.2) is 5.78 Å². The van der Waals surface area contributed by atoms with Crippen LogP contribution in [0, 0.1) is 6.92 Å². The lowest BCUT2D eigenvalue weighted by atomic mass is 9.77. The van der Waals surface area contributed by atoms with Gasteiger partial charge in [-0.1, -0.05) is 60.1 Å². The zero-order chi connectivity index (χ0) is 23.7. The fraction of sp³-hybridized carbons (Fsp3) is 0.241. The number of halogens is 1. The molecule has 1 unspecified atom stereocenters. The molecule has 1 heterocycles. The second-order valence-corrected chi connectivity index (χ2v) is 9.27. The minimum absolute atomic E-state index is 0.0357. The van der Waals surface area contributed by atoms with Gasteiger partial charge in [-0.25, -0.2) is 0 Å². The first-order valence-corrected chi connectivity index (χ1v) is 12.0. The third kappa shape index (κ3) is 4.26. The maximum Gasteiger partial charge on any atom is 0.232 e. The van der Waals surface area contributed by atoms with E-state index in [0.29, 0.717) is 30.2 Å². The van der Waals surface area contributed by atoms with Crippen LogP contribution in [0.5, 0.6) is 5.75 Å². The van der Waals surface area contributed by atoms with Crippen LogP contribution in [0.15, 0.2) is 84.1 Å². The number of Topliss-reactive ketones (excluding diaryl/α,β-unsaturated/α-hetero) is 1. The molecule has 0 radical (unpaired) electrons. The van der Waals surface area contributed by atoms with Crippen LogP contribution in [-0.2, 0) is 16.2 Å². The van der Waals surface area contributed by atoms with Crippen LogP contribution in [0.3, 0.4) is 0 Å². The van der Waals surface area contributed by atoms with Gasteiger partial charge in [-0.3, -0.25) is 14.5 Å². The molecule has 5 heteroatoms. The minimum Gasteiger partial charge on any atom is -0.489 e. The summed E-state index contributed by atoms with van der Waals surface area (Å²) >= 11 is 6.43. The van der Waals surface area contributed by atoms with Crippen LogP contribution >= 0.6 is 11.6 Å². The van der Waals surface area contributed by atoms with E-state index in [0.717, 1.165) is 34.6 Å². The highest BCUT2D eigenvalue weighted by molar-refractivity contribution is 6.34. The van der Waals surface area contributed by atoms with Crippen LogP contribution in [0.25, 0.3) is 0 Å². The van der Waals surface area contributed by atoms with Gasteiger partial charge in [-0.05, 0) is 60.7 Å². The van der Waals surface area contributed by atoms with Gasteiger partial charge >= 0.3 is 0 Å². The van der Waals surface area contributed by atoms with Gasteiger partial charge in [0.25, 0.3) is 0 Å². The standard InChI is InChI=1S/C29H26ClNO3/c1-19-7-2-3-8-21(19)18-34-22-15-13-20(14-16-22)23-17-28(33)31(25-10-5-4-9-24(25)30)26-11-6-12-27(32)29(23)26/h2-5,7-10,13-16,23H,6,11-12,17-18H2,1H3. The van der Waals surface area contributed by atoms with Crippen molar-refractivity contribution in [2.24, 2.45) is 0 Å². The summed E-state index contributed by atoms with van der Waals surface area (Å²) < 4.78 is 5.98. The quantitative estimate of drug-likeness (QED) is 0.413. The van der Waals surface area contributed by atoms with Gasteiger partial charge in [0.1, 0.15) is 12.4 Å². The number of hydrogen-bond acceptors (Lipinski definition) is 3. The Morgan fingerprint density at radius 2 is 1.68 bits per heavy atom. The average molecular weight is 472 g/mol. The molecular formula is C29H26ClNO3. The van der Waals surface area contributed by atoms with Gasteiger partial charge in [0, 0.05) is 30.0 Å². The number of allylic oxidation sites excluding steroid dienone is 2. The van der Waals surface area contributed by atoms with E-state index in [2.05, 4.69) is 19.1 Å². The van der Waals surface area contributed by atoms with Gasteiger partial charge < -0.3 is 4.74 Å². The van der Waals surface area contributed by atoms with E-state index in [1.54, 1.807) is 11.0 Å². The highest BCUT2D eigenvalue weighted by Gasteiger charge is 2.40. The zero-order valence-electron chi connectivity index (χ0n) is 19.1. The number of rotatable bonds is 5. The van der Waals surface area contributed by atoms with E-state index in [9.17, 15) is 9.59 Å². The number of ether oxygens (including phenoxy) is 1. The lowest BCUT2D eigenvalue weighted by Gasteiger charge is -2.38. The molecule has 172 valence electrons. The number of nitrogens with zero attached hydrogens (tertiary/aromatic N) is 1. The molecule has 3 aromatic carbocycles. The SMILES string of the molecule is Cc1ccccc1COc1ccc(C2CC(=O)N(c3ccccc3Cl)C3=C2C(=O)CCC3)cc1. The summed E-state index contributed by atoms with van der Waals surface area (Å²) in [6, 6.07) is 23.3. The fourth-order valence-corrected chi connectivity index (χ4v) is 5.14. The lowest BCUT2D eigenvalue weighted by Crippen LogP contribution is -2.40. The second kappa shape index (κ2) is 9.47. The summed E-state index contributed by atoms with van der Waals surface area (Å²) in [6.45, 7) is 2.56. The Labute approximate surface area is 204 Å². The molecule has 5 rings (SSSR count). The predicted molar refractivity (Wildman–Crippen MR) is 134 cm³/mol. The first-order chi connectivity index (χ1) is 16.5. The fourth-order valence-electron chi connectivity index (χ4n) is 4.92. The van der Waals surface area contributed by atoms with E-state index in [1.807, 2.05) is 54.6 Å². The highest BCUT2D eigenvalue weighted by Crippen LogP contribution is 2.44. The molecule has 4 nitrogen and oxygen atoms in total. The number of carbonyl (C=O) groups is 2. The van der Waals surface area contributed by atoms with Crippen molar-refractivity contribution in [3.63, 3.8) is 0 Å². The van der Waals surface area contributed by atoms with Gasteiger partial charge in [-0.15, -0.1) is 0 Å². The van der Waals surface area contributed by atoms with Crippen molar-refractivity contribution in [3.05, 3.63) is 106 Å². The zero-order valence-corrected chi connectivity index (χ0v) is 19.8. The summed E-state index contributed by atoms with van der Waals surface area (Å²) in [5, 5.41) is 0.509. The second-order valence-electron chi connectivity index (χ2n) is 8.86. The Morgan fingerprint density at radius 1 is 0.941 bits per heavy atom. The number of carbonyl (C=O) groups excluding carboxylic acids is 2. The molecule has 3 aromatic rings. The maximum absolute atomic E-state index is 13.3. The van der Waals surface area contributed by atoms with E-state index >= 15 is 0 Å². The number of benzene rings is 3. The number of aryl methyl sites for hydroxylation is 1. The Bertz CT molecular complexity index is 1280. The van der Waals surface area contributed by atoms with Crippen LogP contribution in [-0.4, -0.2) is 11.7 Å². The van der Waals surface area contributed by atoms with Crippen LogP contribution in [0.4, 0.5) is 5.69 Å². The maximum atomic E-state index is 13.3. The normalized spacial score (nSPS) is 18.2. The van der Waals surface area contributed by atoms with E-state index < -0.39 is 0 Å². The average Bonchev–Trinajstić information content (AvgIpc) is 2.84. The first kappa shape index (κ1) is 22.4. The number of hydrogen-bond donors (Lipinski definition) is 0. The van der Waals surface area contributed by atoms with Gasteiger partial charge in [0.05, 0.1) is 10.7 Å². The molecule has 0 fully saturated rings. The van der Waals surface area contributed by atoms with Crippen molar-refractivity contribution in [2.45, 2.75) is 45.1 Å². The van der Waals surface area contributed by atoms with Crippen molar-refractivity contribution in [1.82, 2.24) is 0 Å². The number of amides is 1. The lowest BCUT2D eigenvalue weighted by molar-refractivity contribution is -0.119. The number of ketones is 1. The van der Waals surface area contributed by atoms with Gasteiger partial charge in [-0.2, -0.15) is 0 Å². The molecule has 1 aliphatic heterocycles. The Kier molecular flexibility index (Phi) is 6.25. The topological polar surface area (TPSA) is 46.6 Å². The van der Waals surface area contributed by atoms with Crippen LogP contribution in [0.1, 0.15) is 48.3 Å². The van der Waals surface area contributed by atoms with Crippen molar-refractivity contribution >= 4 is 29.0 Å². The molecule has 1 amide bonds. The molecule has 0 spiro atoms. The van der Waals surface area contributed by atoms with Crippen molar-refractivity contribution < 1.29 is 14.3 Å². The van der Waals surface area contributed by atoms with Gasteiger partial charge in [0.2, 0.25) is 5.91 Å². The van der Waals surface area contributed by atoms with E-state index in [1.165, 1.54) is 5.56 Å². The summed E-state index contributed by atoms with van der Waals surface area (Å²) in [4.78, 5) is 28.1. The van der Waals surface area contributed by atoms with Crippen LogP contribution in [0.2, 0.25) is 5.02 Å². The minimum atomic E-state index is -0.251. The summed E-state index contributed by atoms with van der Waals surface area (Å²) in [5.41, 5.74) is 5.49. The van der Waals surface area contributed by atoms with Crippen molar-refractivity contribution in [3.8, 4) is 5.75 Å². The summed E-state index contributed by atoms with van der Waals surface area (Å²) in [6.07, 6.45) is 2.17. The molecule has 0 saturated heterocycles. The molecule has 0 saturated carbocycles. The molecule has 0 N–H and O–H groups in total. The smallest absolute Gasteiger partial charge is 0.232 e. The molecular weight excluding hydrogens is 446 g/mol. The number of para-hydroxylation sites is 1. The van der Waals surface area contributed by atoms with E-state index in [-0.39, 0.29) is 24.0 Å².